The second-order valence-electron chi connectivity index (χ2n) is 6.47. The number of aromatic hydroxyl groups is 1. The van der Waals surface area contributed by atoms with E-state index in [1.54, 1.807) is 42.5 Å². The highest BCUT2D eigenvalue weighted by atomic mass is 35.5. The molecule has 2 amide bonds. The maximum absolute atomic E-state index is 12.8. The molecule has 0 bridgehead atoms. The van der Waals surface area contributed by atoms with Crippen LogP contribution >= 0.6 is 35.0 Å². The van der Waals surface area contributed by atoms with Gasteiger partial charge in [0.25, 0.3) is 11.1 Å². The van der Waals surface area contributed by atoms with Crippen LogP contribution < -0.4 is 4.74 Å². The predicted molar refractivity (Wildman–Crippen MR) is 121 cm³/mol. The number of benzene rings is 2. The van der Waals surface area contributed by atoms with E-state index in [0.29, 0.717) is 45.5 Å². The minimum Gasteiger partial charge on any atom is -0.504 e. The van der Waals surface area contributed by atoms with E-state index in [2.05, 4.69) is 6.58 Å². The number of allylic oxidation sites excluding steroid dienone is 1. The van der Waals surface area contributed by atoms with Gasteiger partial charge in [0.05, 0.1) is 28.1 Å². The predicted octanol–water partition coefficient (Wildman–Crippen LogP) is 6.06. The van der Waals surface area contributed by atoms with Gasteiger partial charge in [0.1, 0.15) is 0 Å². The van der Waals surface area contributed by atoms with Gasteiger partial charge in [0.2, 0.25) is 0 Å². The molecule has 0 spiro atoms. The lowest BCUT2D eigenvalue weighted by atomic mass is 10.1. The SMILES string of the molecule is C=CCc1cc(/C=C2\SC(=O)N(Cc3ccc(Cl)c(Cl)c3)C2=O)cc(OCC)c1O. The summed E-state index contributed by atoms with van der Waals surface area (Å²) in [4.78, 5) is 26.7. The molecule has 0 aliphatic carbocycles. The minimum absolute atomic E-state index is 0.0432. The second-order valence-corrected chi connectivity index (χ2v) is 8.28. The Morgan fingerprint density at radius 3 is 2.63 bits per heavy atom. The Kier molecular flexibility index (Phi) is 7.13. The average molecular weight is 464 g/mol. The number of carbonyl (C=O) groups is 2. The summed E-state index contributed by atoms with van der Waals surface area (Å²) in [6.45, 7) is 5.98. The van der Waals surface area contributed by atoms with Crippen LogP contribution in [-0.4, -0.2) is 27.8 Å². The first-order valence-electron chi connectivity index (χ1n) is 9.13. The van der Waals surface area contributed by atoms with Crippen LogP contribution in [0.2, 0.25) is 10.0 Å². The minimum atomic E-state index is -0.396. The van der Waals surface area contributed by atoms with Crippen LogP contribution in [0.5, 0.6) is 11.5 Å². The first-order chi connectivity index (χ1) is 14.3. The summed E-state index contributed by atoms with van der Waals surface area (Å²) in [5, 5.41) is 10.7. The van der Waals surface area contributed by atoms with Crippen molar-refractivity contribution in [2.24, 2.45) is 0 Å². The molecule has 1 heterocycles. The normalized spacial score (nSPS) is 15.2. The van der Waals surface area contributed by atoms with E-state index in [1.165, 1.54) is 0 Å². The molecule has 1 fully saturated rings. The third-order valence-corrected chi connectivity index (χ3v) is 5.98. The molecule has 0 aromatic heterocycles. The quantitative estimate of drug-likeness (QED) is 0.399. The molecule has 2 aromatic carbocycles. The Bertz CT molecular complexity index is 1050. The van der Waals surface area contributed by atoms with Gasteiger partial charge in [-0.15, -0.1) is 6.58 Å². The zero-order valence-electron chi connectivity index (χ0n) is 16.2. The molecular formula is C22H19Cl2NO4S. The van der Waals surface area contributed by atoms with Crippen molar-refractivity contribution < 1.29 is 19.4 Å². The maximum Gasteiger partial charge on any atom is 0.293 e. The zero-order valence-corrected chi connectivity index (χ0v) is 18.5. The second kappa shape index (κ2) is 9.60. The molecule has 2 aromatic rings. The summed E-state index contributed by atoms with van der Waals surface area (Å²) in [6.07, 6.45) is 3.72. The number of carbonyl (C=O) groups excluding carboxylic acids is 2. The van der Waals surface area contributed by atoms with Gasteiger partial charge in [0, 0.05) is 5.56 Å². The largest absolute Gasteiger partial charge is 0.504 e. The van der Waals surface area contributed by atoms with Crippen LogP contribution in [0.4, 0.5) is 4.79 Å². The number of rotatable bonds is 7. The topological polar surface area (TPSA) is 66.8 Å². The highest BCUT2D eigenvalue weighted by Gasteiger charge is 2.35. The molecule has 0 unspecified atom stereocenters. The van der Waals surface area contributed by atoms with Crippen molar-refractivity contribution in [3.8, 4) is 11.5 Å². The molecular weight excluding hydrogens is 445 g/mol. The van der Waals surface area contributed by atoms with Gasteiger partial charge in [-0.2, -0.15) is 0 Å². The van der Waals surface area contributed by atoms with Crippen molar-refractivity contribution in [1.82, 2.24) is 4.90 Å². The number of phenolic OH excluding ortho intramolecular Hbond substituents is 1. The monoisotopic (exact) mass is 463 g/mol. The van der Waals surface area contributed by atoms with Crippen LogP contribution in [0.15, 0.2) is 47.9 Å². The standard InChI is InChI=1S/C22H19Cl2NO4S/c1-3-5-15-8-14(10-18(20(15)26)29-4-2)11-19-21(27)25(22(28)30-19)12-13-6-7-16(23)17(24)9-13/h3,6-11,26H,1,4-5,12H2,2H3/b19-11-. The maximum atomic E-state index is 12.8. The number of hydrogen-bond donors (Lipinski definition) is 1. The Balaban J connectivity index is 1.89. The molecule has 0 atom stereocenters. The number of nitrogens with zero attached hydrogens (tertiary/aromatic N) is 1. The first-order valence-corrected chi connectivity index (χ1v) is 10.7. The highest BCUT2D eigenvalue weighted by molar-refractivity contribution is 8.18. The van der Waals surface area contributed by atoms with E-state index < -0.39 is 5.91 Å². The number of hydrogen-bond acceptors (Lipinski definition) is 5. The van der Waals surface area contributed by atoms with Gasteiger partial charge in [0.15, 0.2) is 11.5 Å². The molecule has 156 valence electrons. The third kappa shape index (κ3) is 4.83. The summed E-state index contributed by atoms with van der Waals surface area (Å²) in [6, 6.07) is 8.36. The summed E-state index contributed by atoms with van der Waals surface area (Å²) < 4.78 is 5.49. The van der Waals surface area contributed by atoms with Gasteiger partial charge in [-0.1, -0.05) is 35.3 Å². The molecule has 0 saturated carbocycles. The number of halogens is 2. The fraction of sp³-hybridized carbons (Fsp3) is 0.182. The smallest absolute Gasteiger partial charge is 0.293 e. The van der Waals surface area contributed by atoms with Crippen molar-refractivity contribution in [2.45, 2.75) is 19.9 Å². The van der Waals surface area contributed by atoms with Crippen LogP contribution in [0.3, 0.4) is 0 Å². The molecule has 5 nitrogen and oxygen atoms in total. The first kappa shape index (κ1) is 22.3. The molecule has 1 aliphatic heterocycles. The number of ether oxygens (including phenoxy) is 1. The van der Waals surface area contributed by atoms with E-state index in [1.807, 2.05) is 6.92 Å². The molecule has 1 aliphatic rings. The number of phenols is 1. The lowest BCUT2D eigenvalue weighted by Gasteiger charge is -2.13. The summed E-state index contributed by atoms with van der Waals surface area (Å²) >= 11 is 12.8. The van der Waals surface area contributed by atoms with Crippen LogP contribution in [0.1, 0.15) is 23.6 Å². The molecule has 1 saturated heterocycles. The summed E-state index contributed by atoms with van der Waals surface area (Å²) in [5.41, 5.74) is 1.97. The molecule has 0 radical (unpaired) electrons. The van der Waals surface area contributed by atoms with Crippen LogP contribution in [0.25, 0.3) is 6.08 Å². The molecule has 3 rings (SSSR count). The van der Waals surface area contributed by atoms with Crippen molar-refractivity contribution >= 4 is 52.2 Å². The number of imide groups is 1. The van der Waals surface area contributed by atoms with Gasteiger partial charge < -0.3 is 9.84 Å². The van der Waals surface area contributed by atoms with E-state index in [9.17, 15) is 14.7 Å². The third-order valence-electron chi connectivity index (χ3n) is 4.34. The van der Waals surface area contributed by atoms with Crippen molar-refractivity contribution in [3.63, 3.8) is 0 Å². The number of amides is 2. The fourth-order valence-corrected chi connectivity index (χ4v) is 4.12. The van der Waals surface area contributed by atoms with Gasteiger partial charge >= 0.3 is 0 Å². The van der Waals surface area contributed by atoms with E-state index in [-0.39, 0.29) is 22.4 Å². The average Bonchev–Trinajstić information content (AvgIpc) is 2.96. The fourth-order valence-electron chi connectivity index (χ4n) is 2.96. The van der Waals surface area contributed by atoms with Crippen LogP contribution in [-0.2, 0) is 17.8 Å². The summed E-state index contributed by atoms with van der Waals surface area (Å²) in [7, 11) is 0. The molecule has 30 heavy (non-hydrogen) atoms. The van der Waals surface area contributed by atoms with Crippen molar-refractivity contribution in [3.05, 3.63) is 74.6 Å². The number of thioether (sulfide) groups is 1. The lowest BCUT2D eigenvalue weighted by Crippen LogP contribution is -2.27. The van der Waals surface area contributed by atoms with Gasteiger partial charge in [-0.3, -0.25) is 14.5 Å². The van der Waals surface area contributed by atoms with E-state index in [4.69, 9.17) is 27.9 Å². The van der Waals surface area contributed by atoms with E-state index in [0.717, 1.165) is 16.7 Å². The Labute approximate surface area is 188 Å². The summed E-state index contributed by atoms with van der Waals surface area (Å²) in [5.74, 6) is -0.0351. The van der Waals surface area contributed by atoms with Gasteiger partial charge in [-0.05, 0) is 66.6 Å². The molecule has 1 N–H and O–H groups in total. The Hall–Kier alpha value is -2.41. The van der Waals surface area contributed by atoms with Crippen LogP contribution in [0, 0.1) is 0 Å². The Morgan fingerprint density at radius 2 is 1.97 bits per heavy atom. The van der Waals surface area contributed by atoms with E-state index >= 15 is 0 Å². The Morgan fingerprint density at radius 1 is 1.20 bits per heavy atom. The van der Waals surface area contributed by atoms with Crippen molar-refractivity contribution in [2.75, 3.05) is 6.61 Å². The highest BCUT2D eigenvalue weighted by Crippen LogP contribution is 2.37. The van der Waals surface area contributed by atoms with Gasteiger partial charge in [-0.25, -0.2) is 0 Å². The van der Waals surface area contributed by atoms with Crippen molar-refractivity contribution in [1.29, 1.82) is 0 Å². The molecule has 8 heteroatoms. The zero-order chi connectivity index (χ0) is 21.8. The lowest BCUT2D eigenvalue weighted by molar-refractivity contribution is -0.123.